The fourth-order valence-corrected chi connectivity index (χ4v) is 1.04. The highest BCUT2D eigenvalue weighted by molar-refractivity contribution is 5.79. The van der Waals surface area contributed by atoms with Gasteiger partial charge < -0.3 is 16.4 Å². The average molecular weight is 187 g/mol. The summed E-state index contributed by atoms with van der Waals surface area (Å²) in [4.78, 5) is 12.8. The number of carbonyl (C=O) groups is 1. The summed E-state index contributed by atoms with van der Waals surface area (Å²) in [6, 6.07) is -0.496. The molecular formula is C9H21N3O. The van der Waals surface area contributed by atoms with Crippen molar-refractivity contribution in [2.24, 2.45) is 11.5 Å². The SMILES string of the molecule is CCCCN(C)CCC(N)C(N)=O. The van der Waals surface area contributed by atoms with Crippen molar-refractivity contribution in [2.45, 2.75) is 32.2 Å². The summed E-state index contributed by atoms with van der Waals surface area (Å²) in [5.74, 6) is -0.413. The Morgan fingerprint density at radius 3 is 2.54 bits per heavy atom. The molecule has 0 bridgehead atoms. The van der Waals surface area contributed by atoms with Crippen molar-refractivity contribution in [3.8, 4) is 0 Å². The second kappa shape index (κ2) is 6.86. The third-order valence-corrected chi connectivity index (χ3v) is 2.08. The van der Waals surface area contributed by atoms with E-state index in [4.69, 9.17) is 11.5 Å². The van der Waals surface area contributed by atoms with Gasteiger partial charge in [0, 0.05) is 0 Å². The molecule has 4 heteroatoms. The summed E-state index contributed by atoms with van der Waals surface area (Å²) >= 11 is 0. The standard InChI is InChI=1S/C9H21N3O/c1-3-4-6-12(2)7-5-8(10)9(11)13/h8H,3-7,10H2,1-2H3,(H2,11,13). The molecule has 4 N–H and O–H groups in total. The Balaban J connectivity index is 3.45. The highest BCUT2D eigenvalue weighted by Gasteiger charge is 2.09. The molecular weight excluding hydrogens is 166 g/mol. The van der Waals surface area contributed by atoms with Gasteiger partial charge in [0.1, 0.15) is 0 Å². The fraction of sp³-hybridized carbons (Fsp3) is 0.889. The number of rotatable bonds is 7. The van der Waals surface area contributed by atoms with Crippen molar-refractivity contribution in [1.29, 1.82) is 0 Å². The molecule has 0 spiro atoms. The summed E-state index contributed by atoms with van der Waals surface area (Å²) in [6.07, 6.45) is 3.02. The van der Waals surface area contributed by atoms with E-state index in [1.54, 1.807) is 0 Å². The quantitative estimate of drug-likeness (QED) is 0.585. The van der Waals surface area contributed by atoms with E-state index in [1.165, 1.54) is 12.8 Å². The van der Waals surface area contributed by atoms with Gasteiger partial charge in [-0.25, -0.2) is 0 Å². The monoisotopic (exact) mass is 187 g/mol. The predicted molar refractivity (Wildman–Crippen MR) is 54.2 cm³/mol. The first kappa shape index (κ1) is 12.4. The van der Waals surface area contributed by atoms with E-state index < -0.39 is 11.9 Å². The average Bonchev–Trinajstić information content (AvgIpc) is 2.10. The molecule has 0 rings (SSSR count). The van der Waals surface area contributed by atoms with Gasteiger partial charge >= 0.3 is 0 Å². The van der Waals surface area contributed by atoms with Crippen LogP contribution in [0, 0.1) is 0 Å². The molecule has 0 heterocycles. The number of hydrogen-bond donors (Lipinski definition) is 2. The molecule has 0 fully saturated rings. The van der Waals surface area contributed by atoms with Crippen molar-refractivity contribution in [2.75, 3.05) is 20.1 Å². The minimum Gasteiger partial charge on any atom is -0.368 e. The first-order valence-electron chi connectivity index (χ1n) is 4.81. The molecule has 0 aromatic rings. The van der Waals surface area contributed by atoms with E-state index in [0.29, 0.717) is 6.42 Å². The van der Waals surface area contributed by atoms with Crippen LogP contribution in [0.4, 0.5) is 0 Å². The van der Waals surface area contributed by atoms with Crippen LogP contribution in [0.3, 0.4) is 0 Å². The highest BCUT2D eigenvalue weighted by atomic mass is 16.1. The van der Waals surface area contributed by atoms with Gasteiger partial charge in [0.15, 0.2) is 0 Å². The zero-order valence-electron chi connectivity index (χ0n) is 8.62. The molecule has 0 aromatic heterocycles. The van der Waals surface area contributed by atoms with Crippen LogP contribution in [0.25, 0.3) is 0 Å². The minimum atomic E-state index is -0.496. The van der Waals surface area contributed by atoms with Crippen molar-refractivity contribution in [1.82, 2.24) is 4.90 Å². The summed E-state index contributed by atoms with van der Waals surface area (Å²) in [7, 11) is 2.03. The molecule has 0 aromatic carbocycles. The molecule has 4 nitrogen and oxygen atoms in total. The lowest BCUT2D eigenvalue weighted by molar-refractivity contribution is -0.119. The van der Waals surface area contributed by atoms with Crippen LogP contribution in [0.5, 0.6) is 0 Å². The third-order valence-electron chi connectivity index (χ3n) is 2.08. The van der Waals surface area contributed by atoms with Gasteiger partial charge in [-0.15, -0.1) is 0 Å². The Hall–Kier alpha value is -0.610. The Bertz CT molecular complexity index is 150. The number of carbonyl (C=O) groups excluding carboxylic acids is 1. The van der Waals surface area contributed by atoms with Gasteiger partial charge in [-0.05, 0) is 33.0 Å². The van der Waals surface area contributed by atoms with Crippen LogP contribution >= 0.6 is 0 Å². The lowest BCUT2D eigenvalue weighted by Crippen LogP contribution is -2.39. The van der Waals surface area contributed by atoms with Crippen LogP contribution < -0.4 is 11.5 Å². The van der Waals surface area contributed by atoms with Crippen molar-refractivity contribution < 1.29 is 4.79 Å². The normalized spacial score (nSPS) is 13.2. The second-order valence-corrected chi connectivity index (χ2v) is 3.45. The van der Waals surface area contributed by atoms with Gasteiger partial charge in [-0.2, -0.15) is 0 Å². The zero-order chi connectivity index (χ0) is 10.3. The molecule has 1 unspecified atom stereocenters. The van der Waals surface area contributed by atoms with Crippen LogP contribution in [-0.2, 0) is 4.79 Å². The minimum absolute atomic E-state index is 0.413. The molecule has 0 saturated heterocycles. The van der Waals surface area contributed by atoms with E-state index >= 15 is 0 Å². The number of nitrogens with zero attached hydrogens (tertiary/aromatic N) is 1. The molecule has 0 aliphatic heterocycles. The van der Waals surface area contributed by atoms with Crippen molar-refractivity contribution in [3.05, 3.63) is 0 Å². The third kappa shape index (κ3) is 6.54. The summed E-state index contributed by atoms with van der Waals surface area (Å²) in [5.41, 5.74) is 10.5. The second-order valence-electron chi connectivity index (χ2n) is 3.45. The Morgan fingerprint density at radius 1 is 1.46 bits per heavy atom. The van der Waals surface area contributed by atoms with Gasteiger partial charge in [-0.3, -0.25) is 4.79 Å². The Morgan fingerprint density at radius 2 is 2.08 bits per heavy atom. The van der Waals surface area contributed by atoms with Gasteiger partial charge in [0.25, 0.3) is 0 Å². The maximum Gasteiger partial charge on any atom is 0.234 e. The zero-order valence-corrected chi connectivity index (χ0v) is 8.62. The Labute approximate surface area is 80.3 Å². The van der Waals surface area contributed by atoms with Crippen LogP contribution in [0.15, 0.2) is 0 Å². The largest absolute Gasteiger partial charge is 0.368 e. The number of nitrogens with two attached hydrogens (primary N) is 2. The smallest absolute Gasteiger partial charge is 0.234 e. The molecule has 0 aliphatic rings. The molecule has 0 radical (unpaired) electrons. The van der Waals surface area contributed by atoms with Crippen molar-refractivity contribution in [3.63, 3.8) is 0 Å². The first-order valence-corrected chi connectivity index (χ1v) is 4.81. The molecule has 1 atom stereocenters. The fourth-order valence-electron chi connectivity index (χ4n) is 1.04. The molecule has 13 heavy (non-hydrogen) atoms. The molecule has 1 amide bonds. The summed E-state index contributed by atoms with van der Waals surface area (Å²) in [6.45, 7) is 4.05. The molecule has 0 saturated carbocycles. The summed E-state index contributed by atoms with van der Waals surface area (Å²) < 4.78 is 0. The van der Waals surface area contributed by atoms with Gasteiger partial charge in [0.05, 0.1) is 6.04 Å². The topological polar surface area (TPSA) is 72.3 Å². The highest BCUT2D eigenvalue weighted by Crippen LogP contribution is 1.95. The van der Waals surface area contributed by atoms with E-state index in [0.717, 1.165) is 13.1 Å². The first-order chi connectivity index (χ1) is 6.07. The lowest BCUT2D eigenvalue weighted by atomic mass is 10.2. The van der Waals surface area contributed by atoms with E-state index in [2.05, 4.69) is 11.8 Å². The van der Waals surface area contributed by atoms with Crippen molar-refractivity contribution >= 4 is 5.91 Å². The van der Waals surface area contributed by atoms with E-state index in [1.807, 2.05) is 7.05 Å². The predicted octanol–water partition coefficient (Wildman–Crippen LogP) is -0.0790. The van der Waals surface area contributed by atoms with Crippen LogP contribution in [-0.4, -0.2) is 37.0 Å². The molecule has 78 valence electrons. The number of hydrogen-bond acceptors (Lipinski definition) is 3. The van der Waals surface area contributed by atoms with Crippen LogP contribution in [0.2, 0.25) is 0 Å². The molecule has 0 aliphatic carbocycles. The summed E-state index contributed by atoms with van der Waals surface area (Å²) in [5, 5.41) is 0. The number of unbranched alkanes of at least 4 members (excludes halogenated alkanes) is 1. The Kier molecular flexibility index (Phi) is 6.54. The van der Waals surface area contributed by atoms with Gasteiger partial charge in [0.2, 0.25) is 5.91 Å². The number of amides is 1. The van der Waals surface area contributed by atoms with E-state index in [-0.39, 0.29) is 0 Å². The lowest BCUT2D eigenvalue weighted by Gasteiger charge is -2.17. The maximum absolute atomic E-state index is 10.6. The maximum atomic E-state index is 10.6. The van der Waals surface area contributed by atoms with Gasteiger partial charge in [-0.1, -0.05) is 13.3 Å². The van der Waals surface area contributed by atoms with Crippen LogP contribution in [0.1, 0.15) is 26.2 Å². The number of primary amides is 1. The van der Waals surface area contributed by atoms with E-state index in [9.17, 15) is 4.79 Å².